The lowest BCUT2D eigenvalue weighted by molar-refractivity contribution is 0.414. The molecule has 0 saturated heterocycles. The van der Waals surface area contributed by atoms with Gasteiger partial charge in [0.1, 0.15) is 5.76 Å². The van der Waals surface area contributed by atoms with E-state index in [1.807, 2.05) is 37.5 Å². The van der Waals surface area contributed by atoms with Crippen LogP contribution in [0.2, 0.25) is 0 Å². The molecule has 0 aliphatic rings. The molecule has 0 fully saturated rings. The quantitative estimate of drug-likeness (QED) is 0.834. The molecule has 0 aromatic carbocycles. The highest BCUT2D eigenvalue weighted by Gasteiger charge is 2.11. The van der Waals surface area contributed by atoms with E-state index in [0.29, 0.717) is 0 Å². The number of hydrogen-bond donors (Lipinski definition) is 1. The number of aromatic nitrogens is 1. The normalized spacial score (nSPS) is 12.6. The van der Waals surface area contributed by atoms with Crippen molar-refractivity contribution in [1.29, 1.82) is 0 Å². The lowest BCUT2D eigenvalue weighted by Crippen LogP contribution is -2.16. The minimum Gasteiger partial charge on any atom is -0.468 e. The molecular formula is C13H16N2O. The van der Waals surface area contributed by atoms with Gasteiger partial charge in [-0.05, 0) is 44.2 Å². The van der Waals surface area contributed by atoms with Crippen LogP contribution in [0.15, 0.2) is 47.2 Å². The zero-order valence-corrected chi connectivity index (χ0v) is 9.39. The molecule has 2 aromatic heterocycles. The van der Waals surface area contributed by atoms with Gasteiger partial charge in [-0.3, -0.25) is 4.98 Å². The molecule has 0 spiro atoms. The summed E-state index contributed by atoms with van der Waals surface area (Å²) < 4.78 is 5.39. The van der Waals surface area contributed by atoms with Crippen LogP contribution in [-0.2, 0) is 6.42 Å². The number of hydrogen-bond acceptors (Lipinski definition) is 3. The first kappa shape index (κ1) is 10.9. The van der Waals surface area contributed by atoms with E-state index in [9.17, 15) is 0 Å². The number of nitrogens with one attached hydrogen (secondary N) is 1. The predicted molar refractivity (Wildman–Crippen MR) is 63.1 cm³/mol. The minimum absolute atomic E-state index is 0.261. The Morgan fingerprint density at radius 3 is 2.88 bits per heavy atom. The third-order valence-electron chi connectivity index (χ3n) is 2.65. The van der Waals surface area contributed by atoms with Crippen molar-refractivity contribution in [2.24, 2.45) is 0 Å². The Balaban J connectivity index is 1.94. The van der Waals surface area contributed by atoms with Crippen LogP contribution in [0.1, 0.15) is 23.9 Å². The first-order valence-electron chi connectivity index (χ1n) is 5.50. The summed E-state index contributed by atoms with van der Waals surface area (Å²) >= 11 is 0. The maximum absolute atomic E-state index is 5.39. The Morgan fingerprint density at radius 2 is 2.25 bits per heavy atom. The Morgan fingerprint density at radius 1 is 1.31 bits per heavy atom. The summed E-state index contributed by atoms with van der Waals surface area (Å²) in [5, 5.41) is 3.25. The van der Waals surface area contributed by atoms with Gasteiger partial charge in [-0.1, -0.05) is 6.07 Å². The Bertz CT molecular complexity index is 397. The van der Waals surface area contributed by atoms with Crippen molar-refractivity contribution in [2.45, 2.75) is 18.9 Å². The van der Waals surface area contributed by atoms with Crippen molar-refractivity contribution in [3.05, 3.63) is 54.2 Å². The van der Waals surface area contributed by atoms with Gasteiger partial charge in [0, 0.05) is 11.9 Å². The Hall–Kier alpha value is -1.61. The first-order valence-corrected chi connectivity index (χ1v) is 5.50. The standard InChI is InChI=1S/C13H16N2O/c1-14-12(13-6-4-10-16-13)8-7-11-5-2-3-9-15-11/h2-6,9-10,12,14H,7-8H2,1H3. The smallest absolute Gasteiger partial charge is 0.120 e. The molecule has 1 N–H and O–H groups in total. The van der Waals surface area contributed by atoms with E-state index in [-0.39, 0.29) is 6.04 Å². The van der Waals surface area contributed by atoms with Crippen molar-refractivity contribution in [1.82, 2.24) is 10.3 Å². The van der Waals surface area contributed by atoms with Crippen molar-refractivity contribution in [3.63, 3.8) is 0 Å². The van der Waals surface area contributed by atoms with Crippen molar-refractivity contribution in [3.8, 4) is 0 Å². The van der Waals surface area contributed by atoms with E-state index in [1.54, 1.807) is 6.26 Å². The highest BCUT2D eigenvalue weighted by atomic mass is 16.3. The molecule has 2 aromatic rings. The van der Waals surface area contributed by atoms with Gasteiger partial charge in [-0.15, -0.1) is 0 Å². The minimum atomic E-state index is 0.261. The van der Waals surface area contributed by atoms with Gasteiger partial charge >= 0.3 is 0 Å². The first-order chi connectivity index (χ1) is 7.90. The number of aryl methyl sites for hydroxylation is 1. The van der Waals surface area contributed by atoms with Gasteiger partial charge in [0.2, 0.25) is 0 Å². The van der Waals surface area contributed by atoms with Crippen LogP contribution in [0.5, 0.6) is 0 Å². The Labute approximate surface area is 95.5 Å². The largest absolute Gasteiger partial charge is 0.468 e. The molecule has 16 heavy (non-hydrogen) atoms. The second-order valence-corrected chi connectivity index (χ2v) is 3.72. The van der Waals surface area contributed by atoms with E-state index in [0.717, 1.165) is 24.3 Å². The zero-order valence-electron chi connectivity index (χ0n) is 9.39. The van der Waals surface area contributed by atoms with Gasteiger partial charge in [0.05, 0.1) is 12.3 Å². The van der Waals surface area contributed by atoms with Crippen LogP contribution in [0.3, 0.4) is 0 Å². The third-order valence-corrected chi connectivity index (χ3v) is 2.65. The van der Waals surface area contributed by atoms with Gasteiger partial charge in [0.15, 0.2) is 0 Å². The number of rotatable bonds is 5. The highest BCUT2D eigenvalue weighted by Crippen LogP contribution is 2.18. The lowest BCUT2D eigenvalue weighted by atomic mass is 10.1. The van der Waals surface area contributed by atoms with Crippen molar-refractivity contribution in [2.75, 3.05) is 7.05 Å². The number of pyridine rings is 1. The van der Waals surface area contributed by atoms with E-state index >= 15 is 0 Å². The molecule has 2 rings (SSSR count). The molecule has 3 nitrogen and oxygen atoms in total. The SMILES string of the molecule is CNC(CCc1ccccn1)c1ccco1. The fourth-order valence-electron chi connectivity index (χ4n) is 1.76. The summed E-state index contributed by atoms with van der Waals surface area (Å²) in [7, 11) is 1.95. The molecule has 0 aliphatic carbocycles. The molecule has 0 aliphatic heterocycles. The predicted octanol–water partition coefficient (Wildman–Crippen LogP) is 2.57. The summed E-state index contributed by atoms with van der Waals surface area (Å²) in [5.41, 5.74) is 1.12. The van der Waals surface area contributed by atoms with Gasteiger partial charge in [-0.25, -0.2) is 0 Å². The summed E-state index contributed by atoms with van der Waals surface area (Å²) in [4.78, 5) is 4.31. The molecule has 3 heteroatoms. The van der Waals surface area contributed by atoms with E-state index in [2.05, 4.69) is 16.4 Å². The van der Waals surface area contributed by atoms with E-state index < -0.39 is 0 Å². The maximum Gasteiger partial charge on any atom is 0.120 e. The summed E-state index contributed by atoms with van der Waals surface area (Å²) in [6.45, 7) is 0. The topological polar surface area (TPSA) is 38.1 Å². The van der Waals surface area contributed by atoms with Crippen LogP contribution in [0.25, 0.3) is 0 Å². The van der Waals surface area contributed by atoms with Crippen LogP contribution in [0, 0.1) is 0 Å². The molecule has 0 bridgehead atoms. The molecule has 0 radical (unpaired) electrons. The monoisotopic (exact) mass is 216 g/mol. The fraction of sp³-hybridized carbons (Fsp3) is 0.308. The Kier molecular flexibility index (Phi) is 3.72. The summed E-state index contributed by atoms with van der Waals surface area (Å²) in [6, 6.07) is 10.2. The van der Waals surface area contributed by atoms with Crippen LogP contribution >= 0.6 is 0 Å². The van der Waals surface area contributed by atoms with Crippen LogP contribution < -0.4 is 5.32 Å². The average molecular weight is 216 g/mol. The lowest BCUT2D eigenvalue weighted by Gasteiger charge is -2.12. The number of furan rings is 1. The zero-order chi connectivity index (χ0) is 11.2. The molecule has 1 unspecified atom stereocenters. The second kappa shape index (κ2) is 5.47. The van der Waals surface area contributed by atoms with Gasteiger partial charge in [0.25, 0.3) is 0 Å². The van der Waals surface area contributed by atoms with Crippen LogP contribution in [-0.4, -0.2) is 12.0 Å². The molecular weight excluding hydrogens is 200 g/mol. The van der Waals surface area contributed by atoms with Crippen molar-refractivity contribution >= 4 is 0 Å². The second-order valence-electron chi connectivity index (χ2n) is 3.72. The van der Waals surface area contributed by atoms with Gasteiger partial charge < -0.3 is 9.73 Å². The fourth-order valence-corrected chi connectivity index (χ4v) is 1.76. The maximum atomic E-state index is 5.39. The van der Waals surface area contributed by atoms with Crippen molar-refractivity contribution < 1.29 is 4.42 Å². The third kappa shape index (κ3) is 2.70. The van der Waals surface area contributed by atoms with E-state index in [1.165, 1.54) is 0 Å². The summed E-state index contributed by atoms with van der Waals surface area (Å²) in [5.74, 6) is 0.985. The molecule has 2 heterocycles. The molecule has 84 valence electrons. The molecule has 0 amide bonds. The number of nitrogens with zero attached hydrogens (tertiary/aromatic N) is 1. The highest BCUT2D eigenvalue weighted by molar-refractivity contribution is 5.07. The average Bonchev–Trinajstić information content (AvgIpc) is 2.85. The van der Waals surface area contributed by atoms with Gasteiger partial charge in [-0.2, -0.15) is 0 Å². The van der Waals surface area contributed by atoms with Crippen LogP contribution in [0.4, 0.5) is 0 Å². The molecule has 1 atom stereocenters. The molecule has 0 saturated carbocycles. The van der Waals surface area contributed by atoms with E-state index in [4.69, 9.17) is 4.42 Å². The summed E-state index contributed by atoms with van der Waals surface area (Å²) in [6.07, 6.45) is 5.48.